The minimum Gasteiger partial charge on any atom is -0.343 e. The average Bonchev–Trinajstić information content (AvgIpc) is 3.17. The molecule has 3 aromatic rings. The van der Waals surface area contributed by atoms with E-state index < -0.39 is 30.7 Å². The molecule has 1 aliphatic heterocycles. The zero-order valence-corrected chi connectivity index (χ0v) is 12.9. The Balaban J connectivity index is 1.79. The molecular formula is C17H12F3N5. The van der Waals surface area contributed by atoms with Gasteiger partial charge >= 0.3 is 0 Å². The van der Waals surface area contributed by atoms with Crippen molar-refractivity contribution in [3.05, 3.63) is 59.7 Å². The van der Waals surface area contributed by atoms with Gasteiger partial charge in [-0.15, -0.1) is 0 Å². The summed E-state index contributed by atoms with van der Waals surface area (Å²) >= 11 is 0. The van der Waals surface area contributed by atoms with Gasteiger partial charge in [-0.2, -0.15) is 10.4 Å². The molecule has 1 aromatic carbocycles. The first kappa shape index (κ1) is 15.4. The molecule has 1 fully saturated rings. The van der Waals surface area contributed by atoms with Crippen LogP contribution in [-0.4, -0.2) is 27.1 Å². The Hall–Kier alpha value is -3.08. The van der Waals surface area contributed by atoms with E-state index in [0.29, 0.717) is 17.0 Å². The van der Waals surface area contributed by atoms with Crippen LogP contribution in [0.15, 0.2) is 42.7 Å². The van der Waals surface area contributed by atoms with Gasteiger partial charge in [0, 0.05) is 18.7 Å². The molecule has 126 valence electrons. The number of benzene rings is 1. The van der Waals surface area contributed by atoms with E-state index in [4.69, 9.17) is 5.26 Å². The van der Waals surface area contributed by atoms with Crippen molar-refractivity contribution in [3.63, 3.8) is 0 Å². The number of nitriles is 1. The van der Waals surface area contributed by atoms with Gasteiger partial charge in [0.15, 0.2) is 5.65 Å². The highest BCUT2D eigenvalue weighted by atomic mass is 19.3. The number of hydrogen-bond acceptors (Lipinski definition) is 4. The summed E-state index contributed by atoms with van der Waals surface area (Å²) in [6, 6.07) is 8.07. The van der Waals surface area contributed by atoms with Crippen molar-refractivity contribution in [2.75, 3.05) is 11.4 Å². The molecule has 2 aromatic heterocycles. The predicted molar refractivity (Wildman–Crippen MR) is 83.8 cm³/mol. The lowest BCUT2D eigenvalue weighted by molar-refractivity contribution is 0.0222. The fourth-order valence-electron chi connectivity index (χ4n) is 3.19. The third kappa shape index (κ3) is 2.78. The number of fused-ring (bicyclic) bond motifs is 1. The van der Waals surface area contributed by atoms with Crippen LogP contribution in [0.3, 0.4) is 0 Å². The summed E-state index contributed by atoms with van der Waals surface area (Å²) in [7, 11) is 0. The van der Waals surface area contributed by atoms with E-state index >= 15 is 0 Å². The normalized spacial score (nSPS) is 19.3. The molecule has 1 saturated heterocycles. The molecule has 1 atom stereocenters. The van der Waals surface area contributed by atoms with Gasteiger partial charge in [0.2, 0.25) is 0 Å². The van der Waals surface area contributed by atoms with Crippen LogP contribution < -0.4 is 4.90 Å². The molecule has 8 heteroatoms. The number of rotatable bonds is 2. The molecule has 1 aliphatic rings. The smallest absolute Gasteiger partial charge is 0.267 e. The predicted octanol–water partition coefficient (Wildman–Crippen LogP) is 3.33. The van der Waals surface area contributed by atoms with Gasteiger partial charge in [-0.3, -0.25) is 0 Å². The summed E-state index contributed by atoms with van der Waals surface area (Å²) in [6.45, 7) is -0.520. The maximum atomic E-state index is 14.1. The van der Waals surface area contributed by atoms with Crippen molar-refractivity contribution < 1.29 is 13.2 Å². The molecule has 0 saturated carbocycles. The summed E-state index contributed by atoms with van der Waals surface area (Å²) in [5.41, 5.74) is 0.969. The summed E-state index contributed by atoms with van der Waals surface area (Å²) in [5.74, 6) is -3.20. The number of nitrogens with zero attached hydrogens (tertiary/aromatic N) is 5. The highest BCUT2D eigenvalue weighted by Crippen LogP contribution is 2.43. The minimum absolute atomic E-state index is 0.101. The molecule has 0 N–H and O–H groups in total. The monoisotopic (exact) mass is 343 g/mol. The van der Waals surface area contributed by atoms with Crippen molar-refractivity contribution in [1.29, 1.82) is 5.26 Å². The van der Waals surface area contributed by atoms with Gasteiger partial charge < -0.3 is 4.90 Å². The molecule has 0 radical (unpaired) electrons. The Morgan fingerprint density at radius 2 is 2.08 bits per heavy atom. The number of halogens is 3. The Morgan fingerprint density at radius 1 is 1.24 bits per heavy atom. The van der Waals surface area contributed by atoms with E-state index in [1.807, 2.05) is 6.07 Å². The quantitative estimate of drug-likeness (QED) is 0.716. The number of alkyl halides is 2. The van der Waals surface area contributed by atoms with E-state index in [-0.39, 0.29) is 5.56 Å². The highest BCUT2D eigenvalue weighted by molar-refractivity contribution is 5.51. The number of aromatic nitrogens is 3. The second kappa shape index (κ2) is 5.48. The molecular weight excluding hydrogens is 331 g/mol. The van der Waals surface area contributed by atoms with Gasteiger partial charge in [-0.1, -0.05) is 0 Å². The van der Waals surface area contributed by atoms with Gasteiger partial charge in [-0.25, -0.2) is 22.7 Å². The summed E-state index contributed by atoms with van der Waals surface area (Å²) in [4.78, 5) is 5.81. The SMILES string of the molecule is N#Cc1cc(F)cc(C2CC(F)(F)CN2c2ccn3nccc3n2)c1. The lowest BCUT2D eigenvalue weighted by atomic mass is 10.0. The van der Waals surface area contributed by atoms with E-state index in [1.165, 1.54) is 21.5 Å². The van der Waals surface area contributed by atoms with Gasteiger partial charge in [0.05, 0.1) is 30.4 Å². The fourth-order valence-corrected chi connectivity index (χ4v) is 3.19. The molecule has 3 heterocycles. The fraction of sp³-hybridized carbons (Fsp3) is 0.235. The first-order chi connectivity index (χ1) is 11.9. The molecule has 5 nitrogen and oxygen atoms in total. The Bertz CT molecular complexity index is 991. The third-order valence-corrected chi connectivity index (χ3v) is 4.24. The second-order valence-corrected chi connectivity index (χ2v) is 6.01. The molecule has 0 aliphatic carbocycles. The van der Waals surface area contributed by atoms with E-state index in [2.05, 4.69) is 10.1 Å². The van der Waals surface area contributed by atoms with Crippen LogP contribution >= 0.6 is 0 Å². The largest absolute Gasteiger partial charge is 0.343 e. The maximum Gasteiger partial charge on any atom is 0.267 e. The zero-order valence-electron chi connectivity index (χ0n) is 12.9. The lowest BCUT2D eigenvalue weighted by Crippen LogP contribution is -2.27. The number of anilines is 1. The van der Waals surface area contributed by atoms with Crippen molar-refractivity contribution in [2.24, 2.45) is 0 Å². The molecule has 25 heavy (non-hydrogen) atoms. The topological polar surface area (TPSA) is 57.2 Å². The number of hydrogen-bond donors (Lipinski definition) is 0. The van der Waals surface area contributed by atoms with E-state index in [9.17, 15) is 13.2 Å². The van der Waals surface area contributed by atoms with Crippen LogP contribution in [0.5, 0.6) is 0 Å². The van der Waals surface area contributed by atoms with Crippen LogP contribution in [0.2, 0.25) is 0 Å². The van der Waals surface area contributed by atoms with Crippen LogP contribution in [0.4, 0.5) is 19.0 Å². The standard InChI is InChI=1S/C17H12F3N5/c18-13-6-11(9-21)5-12(7-13)14-8-17(19,20)10-24(14)15-2-4-25-16(23-15)1-3-22-25/h1-7,14H,8,10H2. The molecule has 4 rings (SSSR count). The van der Waals surface area contributed by atoms with Gasteiger partial charge in [0.1, 0.15) is 11.6 Å². The highest BCUT2D eigenvalue weighted by Gasteiger charge is 2.46. The molecule has 0 bridgehead atoms. The Labute approximate surface area is 140 Å². The van der Waals surface area contributed by atoms with Crippen LogP contribution in [-0.2, 0) is 0 Å². The Morgan fingerprint density at radius 3 is 2.88 bits per heavy atom. The maximum absolute atomic E-state index is 14.1. The Kier molecular flexibility index (Phi) is 3.39. The van der Waals surface area contributed by atoms with Crippen molar-refractivity contribution in [2.45, 2.75) is 18.4 Å². The first-order valence-electron chi connectivity index (χ1n) is 7.61. The third-order valence-electron chi connectivity index (χ3n) is 4.24. The van der Waals surface area contributed by atoms with Crippen molar-refractivity contribution in [3.8, 4) is 6.07 Å². The van der Waals surface area contributed by atoms with Crippen molar-refractivity contribution in [1.82, 2.24) is 14.6 Å². The second-order valence-electron chi connectivity index (χ2n) is 6.01. The van der Waals surface area contributed by atoms with Gasteiger partial charge in [0.25, 0.3) is 5.92 Å². The summed E-state index contributed by atoms with van der Waals surface area (Å²) in [5, 5.41) is 13.0. The molecule has 0 amide bonds. The minimum atomic E-state index is -2.93. The summed E-state index contributed by atoms with van der Waals surface area (Å²) in [6.07, 6.45) is 2.73. The van der Waals surface area contributed by atoms with Crippen LogP contribution in [0.25, 0.3) is 5.65 Å². The van der Waals surface area contributed by atoms with E-state index in [0.717, 1.165) is 6.07 Å². The van der Waals surface area contributed by atoms with E-state index in [1.54, 1.807) is 24.5 Å². The average molecular weight is 343 g/mol. The molecule has 1 unspecified atom stereocenters. The molecule has 0 spiro atoms. The lowest BCUT2D eigenvalue weighted by Gasteiger charge is -2.25. The van der Waals surface area contributed by atoms with Gasteiger partial charge in [-0.05, 0) is 29.8 Å². The van der Waals surface area contributed by atoms with Crippen molar-refractivity contribution >= 4 is 11.5 Å². The first-order valence-corrected chi connectivity index (χ1v) is 7.61. The van der Waals surface area contributed by atoms with Crippen LogP contribution in [0, 0.1) is 17.1 Å². The zero-order chi connectivity index (χ0) is 17.6. The van der Waals surface area contributed by atoms with Crippen LogP contribution in [0.1, 0.15) is 23.6 Å². The summed E-state index contributed by atoms with van der Waals surface area (Å²) < 4.78 is 43.5.